The molecule has 1 saturated heterocycles. The van der Waals surface area contributed by atoms with Crippen molar-refractivity contribution in [2.75, 3.05) is 25.0 Å². The SMILES string of the molecule is Cl.Cl.NCC(=O)N1CCC(Nc2ccccc2Cl)CC1. The van der Waals surface area contributed by atoms with Gasteiger partial charge in [-0.2, -0.15) is 0 Å². The number of anilines is 1. The Labute approximate surface area is 136 Å². The van der Waals surface area contributed by atoms with Gasteiger partial charge in [-0.05, 0) is 25.0 Å². The molecule has 20 heavy (non-hydrogen) atoms. The second-order valence-corrected chi connectivity index (χ2v) is 4.89. The number of piperidine rings is 1. The predicted molar refractivity (Wildman–Crippen MR) is 88.2 cm³/mol. The van der Waals surface area contributed by atoms with Crippen molar-refractivity contribution in [3.05, 3.63) is 29.3 Å². The third-order valence-corrected chi connectivity index (χ3v) is 3.59. The van der Waals surface area contributed by atoms with Crippen LogP contribution in [0.2, 0.25) is 5.02 Å². The third kappa shape index (κ3) is 5.02. The average molecular weight is 341 g/mol. The number of para-hydroxylation sites is 1. The molecule has 4 nitrogen and oxygen atoms in total. The number of hydrogen-bond donors (Lipinski definition) is 2. The summed E-state index contributed by atoms with van der Waals surface area (Å²) in [5, 5.41) is 4.16. The minimum Gasteiger partial charge on any atom is -0.381 e. The van der Waals surface area contributed by atoms with Gasteiger partial charge in [-0.15, -0.1) is 24.8 Å². The van der Waals surface area contributed by atoms with Gasteiger partial charge in [-0.25, -0.2) is 0 Å². The van der Waals surface area contributed by atoms with Crippen LogP contribution in [0.25, 0.3) is 0 Å². The number of nitrogens with one attached hydrogen (secondary N) is 1. The van der Waals surface area contributed by atoms with Crippen LogP contribution >= 0.6 is 36.4 Å². The number of carbonyl (C=O) groups is 1. The minimum absolute atomic E-state index is 0. The molecular formula is C13H20Cl3N3O. The second-order valence-electron chi connectivity index (χ2n) is 4.48. The molecule has 0 aromatic heterocycles. The Kier molecular flexibility index (Phi) is 8.98. The van der Waals surface area contributed by atoms with Gasteiger partial charge in [-0.1, -0.05) is 23.7 Å². The van der Waals surface area contributed by atoms with E-state index in [4.69, 9.17) is 17.3 Å². The maximum Gasteiger partial charge on any atom is 0.236 e. The van der Waals surface area contributed by atoms with Crippen molar-refractivity contribution in [1.82, 2.24) is 4.90 Å². The number of amides is 1. The minimum atomic E-state index is 0. The summed E-state index contributed by atoms with van der Waals surface area (Å²) in [7, 11) is 0. The maximum absolute atomic E-state index is 11.4. The number of benzene rings is 1. The zero-order valence-corrected chi connectivity index (χ0v) is 13.4. The van der Waals surface area contributed by atoms with Crippen molar-refractivity contribution < 1.29 is 4.79 Å². The second kappa shape index (κ2) is 9.29. The molecule has 1 heterocycles. The average Bonchev–Trinajstić information content (AvgIpc) is 2.41. The molecule has 7 heteroatoms. The van der Waals surface area contributed by atoms with Crippen LogP contribution in [0.15, 0.2) is 24.3 Å². The number of nitrogens with two attached hydrogens (primary N) is 1. The van der Waals surface area contributed by atoms with E-state index in [1.807, 2.05) is 29.2 Å². The quantitative estimate of drug-likeness (QED) is 0.889. The smallest absolute Gasteiger partial charge is 0.236 e. The van der Waals surface area contributed by atoms with E-state index in [0.717, 1.165) is 36.6 Å². The zero-order chi connectivity index (χ0) is 13.0. The number of halogens is 3. The lowest BCUT2D eigenvalue weighted by molar-refractivity contribution is -0.130. The van der Waals surface area contributed by atoms with E-state index in [0.29, 0.717) is 6.04 Å². The van der Waals surface area contributed by atoms with Gasteiger partial charge in [0.2, 0.25) is 5.91 Å². The fraction of sp³-hybridized carbons (Fsp3) is 0.462. The summed E-state index contributed by atoms with van der Waals surface area (Å²) in [6.07, 6.45) is 1.86. The number of likely N-dealkylation sites (tertiary alicyclic amines) is 1. The summed E-state index contributed by atoms with van der Waals surface area (Å²) in [5.74, 6) is 0.0335. The van der Waals surface area contributed by atoms with Crippen LogP contribution in [0.5, 0.6) is 0 Å². The standard InChI is InChI=1S/C13H18ClN3O.2ClH/c14-11-3-1-2-4-12(11)16-10-5-7-17(8-6-10)13(18)9-15;;/h1-4,10,16H,5-9,15H2;2*1H. The molecule has 1 aromatic rings. The number of nitrogens with zero attached hydrogens (tertiary/aromatic N) is 1. The van der Waals surface area contributed by atoms with Gasteiger partial charge >= 0.3 is 0 Å². The summed E-state index contributed by atoms with van der Waals surface area (Å²) < 4.78 is 0. The molecule has 1 aromatic carbocycles. The van der Waals surface area contributed by atoms with E-state index in [2.05, 4.69) is 5.32 Å². The molecule has 2 rings (SSSR count). The van der Waals surface area contributed by atoms with E-state index in [-0.39, 0.29) is 37.3 Å². The Morgan fingerprint density at radius 2 is 1.90 bits per heavy atom. The first-order valence-electron chi connectivity index (χ1n) is 6.19. The van der Waals surface area contributed by atoms with Gasteiger partial charge in [0.05, 0.1) is 17.3 Å². The molecule has 0 unspecified atom stereocenters. The summed E-state index contributed by atoms with van der Waals surface area (Å²) in [4.78, 5) is 13.3. The number of rotatable bonds is 3. The monoisotopic (exact) mass is 339 g/mol. The molecule has 0 saturated carbocycles. The molecule has 114 valence electrons. The molecule has 0 spiro atoms. The van der Waals surface area contributed by atoms with E-state index in [1.165, 1.54) is 0 Å². The lowest BCUT2D eigenvalue weighted by Crippen LogP contribution is -2.44. The fourth-order valence-corrected chi connectivity index (χ4v) is 2.39. The Bertz CT molecular complexity index is 423. The maximum atomic E-state index is 11.4. The molecule has 3 N–H and O–H groups in total. The van der Waals surface area contributed by atoms with Crippen molar-refractivity contribution in [2.45, 2.75) is 18.9 Å². The van der Waals surface area contributed by atoms with Gasteiger partial charge in [0.1, 0.15) is 0 Å². The summed E-state index contributed by atoms with van der Waals surface area (Å²) in [6.45, 7) is 1.62. The van der Waals surface area contributed by atoms with Crippen LogP contribution in [-0.4, -0.2) is 36.5 Å². The van der Waals surface area contributed by atoms with Crippen LogP contribution < -0.4 is 11.1 Å². The van der Waals surface area contributed by atoms with E-state index < -0.39 is 0 Å². The van der Waals surface area contributed by atoms with Crippen LogP contribution in [0, 0.1) is 0 Å². The highest BCUT2D eigenvalue weighted by Crippen LogP contribution is 2.23. The normalized spacial score (nSPS) is 15.0. The van der Waals surface area contributed by atoms with Gasteiger partial charge in [0, 0.05) is 19.1 Å². The van der Waals surface area contributed by atoms with Crippen LogP contribution in [0.1, 0.15) is 12.8 Å². The largest absolute Gasteiger partial charge is 0.381 e. The summed E-state index contributed by atoms with van der Waals surface area (Å²) in [6, 6.07) is 8.08. The zero-order valence-electron chi connectivity index (χ0n) is 11.0. The topological polar surface area (TPSA) is 58.4 Å². The van der Waals surface area contributed by atoms with Gasteiger partial charge < -0.3 is 16.0 Å². The summed E-state index contributed by atoms with van der Waals surface area (Å²) in [5.41, 5.74) is 6.32. The molecule has 0 radical (unpaired) electrons. The Hall–Kier alpha value is -0.680. The lowest BCUT2D eigenvalue weighted by atomic mass is 10.0. The fourth-order valence-electron chi connectivity index (χ4n) is 2.20. The van der Waals surface area contributed by atoms with Crippen molar-refractivity contribution in [1.29, 1.82) is 0 Å². The van der Waals surface area contributed by atoms with E-state index in [9.17, 15) is 4.79 Å². The first-order valence-corrected chi connectivity index (χ1v) is 6.57. The molecule has 1 amide bonds. The van der Waals surface area contributed by atoms with Crippen molar-refractivity contribution in [3.8, 4) is 0 Å². The lowest BCUT2D eigenvalue weighted by Gasteiger charge is -2.32. The molecule has 0 atom stereocenters. The highest BCUT2D eigenvalue weighted by Gasteiger charge is 2.21. The predicted octanol–water partition coefficient (Wildman–Crippen LogP) is 2.55. The van der Waals surface area contributed by atoms with Crippen molar-refractivity contribution >= 4 is 48.0 Å². The van der Waals surface area contributed by atoms with Gasteiger partial charge in [0.15, 0.2) is 0 Å². The molecule has 0 bridgehead atoms. The number of carbonyl (C=O) groups excluding carboxylic acids is 1. The van der Waals surface area contributed by atoms with Crippen LogP contribution in [0.4, 0.5) is 5.69 Å². The highest BCUT2D eigenvalue weighted by molar-refractivity contribution is 6.33. The molecule has 1 aliphatic heterocycles. The molecule has 1 fully saturated rings. The summed E-state index contributed by atoms with van der Waals surface area (Å²) >= 11 is 6.10. The highest BCUT2D eigenvalue weighted by atomic mass is 35.5. The van der Waals surface area contributed by atoms with Crippen LogP contribution in [0.3, 0.4) is 0 Å². The van der Waals surface area contributed by atoms with Gasteiger partial charge in [-0.3, -0.25) is 4.79 Å². The Morgan fingerprint density at radius 3 is 2.45 bits per heavy atom. The first kappa shape index (κ1) is 19.3. The van der Waals surface area contributed by atoms with Crippen LogP contribution in [-0.2, 0) is 4.79 Å². The molecule has 1 aliphatic rings. The van der Waals surface area contributed by atoms with Gasteiger partial charge in [0.25, 0.3) is 0 Å². The van der Waals surface area contributed by atoms with E-state index >= 15 is 0 Å². The number of hydrogen-bond acceptors (Lipinski definition) is 3. The molecular weight excluding hydrogens is 321 g/mol. The third-order valence-electron chi connectivity index (χ3n) is 3.26. The molecule has 0 aliphatic carbocycles. The van der Waals surface area contributed by atoms with Crippen molar-refractivity contribution in [3.63, 3.8) is 0 Å². The Balaban J connectivity index is 0.00000180. The first-order chi connectivity index (χ1) is 8.70. The van der Waals surface area contributed by atoms with E-state index in [1.54, 1.807) is 0 Å². The Morgan fingerprint density at radius 1 is 1.30 bits per heavy atom. The van der Waals surface area contributed by atoms with Crippen molar-refractivity contribution in [2.24, 2.45) is 5.73 Å².